The lowest BCUT2D eigenvalue weighted by molar-refractivity contribution is -0.148. The van der Waals surface area contributed by atoms with Crippen LogP contribution in [0.1, 0.15) is 71.9 Å². The van der Waals surface area contributed by atoms with Gasteiger partial charge in [-0.3, -0.25) is 19.2 Å². The fraction of sp³-hybridized carbons (Fsp3) is 0.419. The van der Waals surface area contributed by atoms with Gasteiger partial charge in [0.05, 0.1) is 5.92 Å². The Balaban J connectivity index is 1.39. The number of ether oxygens (including phenoxy) is 1. The first-order valence-corrected chi connectivity index (χ1v) is 13.7. The van der Waals surface area contributed by atoms with Crippen molar-refractivity contribution >= 4 is 34.5 Å². The van der Waals surface area contributed by atoms with Gasteiger partial charge in [0.15, 0.2) is 12.4 Å². The van der Waals surface area contributed by atoms with E-state index in [-0.39, 0.29) is 24.2 Å². The molecule has 0 bridgehead atoms. The van der Waals surface area contributed by atoms with Crippen molar-refractivity contribution in [2.24, 2.45) is 13.0 Å². The van der Waals surface area contributed by atoms with Crippen LogP contribution in [0.25, 0.3) is 10.9 Å². The van der Waals surface area contributed by atoms with Crippen molar-refractivity contribution in [1.29, 1.82) is 0 Å². The maximum atomic E-state index is 13.4. The van der Waals surface area contributed by atoms with Crippen LogP contribution >= 0.6 is 0 Å². The van der Waals surface area contributed by atoms with Gasteiger partial charge in [0.1, 0.15) is 11.7 Å². The maximum Gasteiger partial charge on any atom is 0.311 e. The Morgan fingerprint density at radius 1 is 1.05 bits per heavy atom. The minimum atomic E-state index is -0.728. The van der Waals surface area contributed by atoms with Crippen molar-refractivity contribution in [1.82, 2.24) is 15.2 Å². The van der Waals surface area contributed by atoms with Gasteiger partial charge in [0.25, 0.3) is 5.91 Å². The standard InChI is InChI=1S/C31H37N3O5/c1-4-5-13-25(33-30(37)27-18-22-17-20(2)15-16-26(22)34(27)3)29(36)32-24-14-9-12-23(24)31(38)39-19-28(35)21-10-7-6-8-11-21/h6-8,10-11,15-18,23-25H,4-5,9,12-14,19H2,1-3H3,(H,32,36)(H,33,37)/t23-,24+,25+/m1/s1. The zero-order valence-electron chi connectivity index (χ0n) is 22.9. The van der Waals surface area contributed by atoms with Crippen LogP contribution in [0.2, 0.25) is 0 Å². The Morgan fingerprint density at radius 3 is 2.56 bits per heavy atom. The highest BCUT2D eigenvalue weighted by Gasteiger charge is 2.37. The third kappa shape index (κ3) is 6.74. The molecule has 8 heteroatoms. The molecule has 1 fully saturated rings. The van der Waals surface area contributed by atoms with Crippen LogP contribution in [0.3, 0.4) is 0 Å². The first-order valence-electron chi connectivity index (χ1n) is 13.7. The molecule has 39 heavy (non-hydrogen) atoms. The van der Waals surface area contributed by atoms with Gasteiger partial charge >= 0.3 is 5.97 Å². The smallest absolute Gasteiger partial charge is 0.311 e. The number of unbranched alkanes of at least 4 members (excludes halogenated alkanes) is 1. The molecule has 0 spiro atoms. The van der Waals surface area contributed by atoms with Crippen LogP contribution in [0.5, 0.6) is 0 Å². The highest BCUT2D eigenvalue weighted by Crippen LogP contribution is 2.27. The number of hydrogen-bond acceptors (Lipinski definition) is 5. The molecule has 0 radical (unpaired) electrons. The van der Waals surface area contributed by atoms with E-state index in [1.165, 1.54) is 0 Å². The van der Waals surface area contributed by atoms with E-state index in [1.807, 2.05) is 55.8 Å². The maximum absolute atomic E-state index is 13.4. The Bertz CT molecular complexity index is 1350. The lowest BCUT2D eigenvalue weighted by atomic mass is 10.0. The molecule has 2 N–H and O–H groups in total. The van der Waals surface area contributed by atoms with E-state index in [0.29, 0.717) is 30.5 Å². The minimum absolute atomic E-state index is 0.270. The highest BCUT2D eigenvalue weighted by atomic mass is 16.5. The lowest BCUT2D eigenvalue weighted by Gasteiger charge is -2.24. The number of aromatic nitrogens is 1. The first kappa shape index (κ1) is 28.1. The van der Waals surface area contributed by atoms with E-state index < -0.39 is 24.0 Å². The Morgan fingerprint density at radius 2 is 1.82 bits per heavy atom. The second kappa shape index (κ2) is 12.7. The monoisotopic (exact) mass is 531 g/mol. The van der Waals surface area contributed by atoms with Crippen LogP contribution in [-0.2, 0) is 21.4 Å². The molecule has 4 rings (SSSR count). The second-order valence-electron chi connectivity index (χ2n) is 10.4. The molecule has 1 aliphatic carbocycles. The summed E-state index contributed by atoms with van der Waals surface area (Å²) in [6.07, 6.45) is 4.11. The molecule has 3 atom stereocenters. The Kier molecular flexibility index (Phi) is 9.17. The van der Waals surface area contributed by atoms with Crippen molar-refractivity contribution in [3.05, 3.63) is 71.4 Å². The lowest BCUT2D eigenvalue weighted by Crippen LogP contribution is -2.51. The SMILES string of the molecule is CCCC[C@H](NC(=O)c1cc2cc(C)ccc2n1C)C(=O)N[C@H]1CCC[C@H]1C(=O)OCC(=O)c1ccccc1. The van der Waals surface area contributed by atoms with Gasteiger partial charge in [-0.2, -0.15) is 0 Å². The quantitative estimate of drug-likeness (QED) is 0.280. The van der Waals surface area contributed by atoms with E-state index in [1.54, 1.807) is 24.3 Å². The molecule has 1 heterocycles. The van der Waals surface area contributed by atoms with E-state index in [9.17, 15) is 19.2 Å². The van der Waals surface area contributed by atoms with Crippen LogP contribution in [0.4, 0.5) is 0 Å². The Hall–Kier alpha value is -3.94. The van der Waals surface area contributed by atoms with Crippen molar-refractivity contribution in [3.63, 3.8) is 0 Å². The number of carbonyl (C=O) groups excluding carboxylic acids is 4. The van der Waals surface area contributed by atoms with Crippen molar-refractivity contribution < 1.29 is 23.9 Å². The zero-order chi connectivity index (χ0) is 27.9. The molecule has 2 aromatic carbocycles. The first-order chi connectivity index (χ1) is 18.8. The van der Waals surface area contributed by atoms with E-state index in [0.717, 1.165) is 35.7 Å². The molecule has 3 aromatic rings. The topological polar surface area (TPSA) is 106 Å². The van der Waals surface area contributed by atoms with E-state index in [2.05, 4.69) is 10.6 Å². The fourth-order valence-electron chi connectivity index (χ4n) is 5.25. The average Bonchev–Trinajstić information content (AvgIpc) is 3.53. The van der Waals surface area contributed by atoms with Crippen LogP contribution in [0, 0.1) is 12.8 Å². The van der Waals surface area contributed by atoms with Gasteiger partial charge in [-0.25, -0.2) is 0 Å². The Labute approximate surface area is 229 Å². The molecule has 1 aromatic heterocycles. The third-order valence-corrected chi connectivity index (χ3v) is 7.49. The van der Waals surface area contributed by atoms with Crippen LogP contribution in [-0.4, -0.2) is 46.8 Å². The van der Waals surface area contributed by atoms with Gasteiger partial charge in [-0.05, 0) is 44.4 Å². The normalized spacial score (nSPS) is 17.5. The summed E-state index contributed by atoms with van der Waals surface area (Å²) in [4.78, 5) is 51.8. The van der Waals surface area contributed by atoms with Crippen LogP contribution < -0.4 is 10.6 Å². The molecule has 206 valence electrons. The van der Waals surface area contributed by atoms with Gasteiger partial charge < -0.3 is 19.9 Å². The zero-order valence-corrected chi connectivity index (χ0v) is 22.9. The molecule has 8 nitrogen and oxygen atoms in total. The molecule has 0 unspecified atom stereocenters. The highest BCUT2D eigenvalue weighted by molar-refractivity contribution is 6.01. The van der Waals surface area contributed by atoms with E-state index >= 15 is 0 Å². The van der Waals surface area contributed by atoms with Gasteiger partial charge in [-0.1, -0.05) is 68.1 Å². The number of fused-ring (bicyclic) bond motifs is 1. The van der Waals surface area contributed by atoms with Gasteiger partial charge in [0.2, 0.25) is 5.91 Å². The number of ketones is 1. The summed E-state index contributed by atoms with van der Waals surface area (Å²) in [7, 11) is 1.84. The number of esters is 1. The number of rotatable bonds is 11. The number of nitrogens with one attached hydrogen (secondary N) is 2. The summed E-state index contributed by atoms with van der Waals surface area (Å²) in [5.74, 6) is -1.90. The van der Waals surface area contributed by atoms with Gasteiger partial charge in [-0.15, -0.1) is 0 Å². The van der Waals surface area contributed by atoms with Crippen LogP contribution in [0.15, 0.2) is 54.6 Å². The summed E-state index contributed by atoms with van der Waals surface area (Å²) in [5, 5.41) is 6.89. The van der Waals surface area contributed by atoms with E-state index in [4.69, 9.17) is 4.74 Å². The van der Waals surface area contributed by atoms with Gasteiger partial charge in [0, 0.05) is 29.6 Å². The molecular weight excluding hydrogens is 494 g/mol. The molecule has 2 amide bonds. The number of amides is 2. The summed E-state index contributed by atoms with van der Waals surface area (Å²) in [6, 6.07) is 15.4. The number of nitrogens with zero attached hydrogens (tertiary/aromatic N) is 1. The third-order valence-electron chi connectivity index (χ3n) is 7.49. The molecule has 1 saturated carbocycles. The number of hydrogen-bond donors (Lipinski definition) is 2. The number of Topliss-reactive ketones (excluding diaryl/α,β-unsaturated/α-hetero) is 1. The average molecular weight is 532 g/mol. The van der Waals surface area contributed by atoms with Crippen molar-refractivity contribution in [2.45, 2.75) is 64.5 Å². The predicted molar refractivity (Wildman–Crippen MR) is 149 cm³/mol. The van der Waals surface area contributed by atoms with Crippen molar-refractivity contribution in [2.75, 3.05) is 6.61 Å². The fourth-order valence-corrected chi connectivity index (χ4v) is 5.25. The minimum Gasteiger partial charge on any atom is -0.457 e. The molecule has 0 saturated heterocycles. The number of carbonyl (C=O) groups is 4. The second-order valence-corrected chi connectivity index (χ2v) is 10.4. The van der Waals surface area contributed by atoms with Crippen molar-refractivity contribution in [3.8, 4) is 0 Å². The summed E-state index contributed by atoms with van der Waals surface area (Å²) >= 11 is 0. The number of benzene rings is 2. The summed E-state index contributed by atoms with van der Waals surface area (Å²) < 4.78 is 7.17. The predicted octanol–water partition coefficient (Wildman–Crippen LogP) is 4.49. The number of aryl methyl sites for hydroxylation is 2. The largest absolute Gasteiger partial charge is 0.457 e. The molecule has 1 aliphatic rings. The summed E-state index contributed by atoms with van der Waals surface area (Å²) in [6.45, 7) is 3.70. The molecule has 0 aliphatic heterocycles. The molecular formula is C31H37N3O5. The summed E-state index contributed by atoms with van der Waals surface area (Å²) in [5.41, 5.74) is 3.01.